The van der Waals surface area contributed by atoms with Crippen molar-refractivity contribution in [2.24, 2.45) is 0 Å². The van der Waals surface area contributed by atoms with Gasteiger partial charge in [-0.25, -0.2) is 4.39 Å². The van der Waals surface area contributed by atoms with Crippen molar-refractivity contribution in [3.8, 4) is 0 Å². The predicted octanol–water partition coefficient (Wildman–Crippen LogP) is 1.06. The van der Waals surface area contributed by atoms with E-state index in [2.05, 4.69) is 0 Å². The summed E-state index contributed by atoms with van der Waals surface area (Å²) in [5.74, 6) is 0. The molecule has 0 aromatic carbocycles. The molecule has 0 spiro atoms. The SMILES string of the molecule is CC(C)OC1CN(C)CC1F. The van der Waals surface area contributed by atoms with Gasteiger partial charge in [-0.3, -0.25) is 0 Å². The maximum atomic E-state index is 13.0. The van der Waals surface area contributed by atoms with E-state index in [0.29, 0.717) is 6.54 Å². The molecule has 0 aromatic heterocycles. The number of nitrogens with zero attached hydrogens (tertiary/aromatic N) is 1. The zero-order valence-electron chi connectivity index (χ0n) is 7.38. The summed E-state index contributed by atoms with van der Waals surface area (Å²) in [5.41, 5.74) is 0. The summed E-state index contributed by atoms with van der Waals surface area (Å²) in [6, 6.07) is 0. The fourth-order valence-corrected chi connectivity index (χ4v) is 1.39. The molecule has 0 aliphatic carbocycles. The van der Waals surface area contributed by atoms with Gasteiger partial charge in [-0.15, -0.1) is 0 Å². The Bertz CT molecular complexity index is 129. The van der Waals surface area contributed by atoms with E-state index in [1.54, 1.807) is 0 Å². The van der Waals surface area contributed by atoms with Crippen LogP contribution in [-0.4, -0.2) is 43.4 Å². The maximum Gasteiger partial charge on any atom is 0.140 e. The number of ether oxygens (including phenoxy) is 1. The first-order valence-electron chi connectivity index (χ1n) is 4.07. The van der Waals surface area contributed by atoms with E-state index in [-0.39, 0.29) is 12.2 Å². The van der Waals surface area contributed by atoms with Crippen LogP contribution in [-0.2, 0) is 4.74 Å². The second kappa shape index (κ2) is 3.50. The van der Waals surface area contributed by atoms with Gasteiger partial charge >= 0.3 is 0 Å². The largest absolute Gasteiger partial charge is 0.371 e. The van der Waals surface area contributed by atoms with Crippen LogP contribution in [0.4, 0.5) is 4.39 Å². The van der Waals surface area contributed by atoms with Crippen LogP contribution < -0.4 is 0 Å². The molecule has 0 amide bonds. The van der Waals surface area contributed by atoms with Crippen molar-refractivity contribution in [2.45, 2.75) is 32.2 Å². The minimum absolute atomic E-state index is 0.129. The Morgan fingerprint density at radius 3 is 2.45 bits per heavy atom. The summed E-state index contributed by atoms with van der Waals surface area (Å²) in [5, 5.41) is 0. The number of halogens is 1. The lowest BCUT2D eigenvalue weighted by Crippen LogP contribution is -2.26. The van der Waals surface area contributed by atoms with Crippen LogP contribution in [0, 0.1) is 0 Å². The van der Waals surface area contributed by atoms with Crippen molar-refractivity contribution < 1.29 is 9.13 Å². The maximum absolute atomic E-state index is 13.0. The van der Waals surface area contributed by atoms with E-state index >= 15 is 0 Å². The van der Waals surface area contributed by atoms with Gasteiger partial charge in [0.05, 0.1) is 6.10 Å². The molecule has 66 valence electrons. The van der Waals surface area contributed by atoms with Gasteiger partial charge in [-0.1, -0.05) is 0 Å². The first kappa shape index (κ1) is 8.94. The van der Waals surface area contributed by atoms with Crippen molar-refractivity contribution in [2.75, 3.05) is 20.1 Å². The van der Waals surface area contributed by atoms with Gasteiger partial charge in [0.15, 0.2) is 0 Å². The van der Waals surface area contributed by atoms with Crippen molar-refractivity contribution in [3.63, 3.8) is 0 Å². The van der Waals surface area contributed by atoms with E-state index in [9.17, 15) is 4.39 Å². The Labute approximate surface area is 67.3 Å². The smallest absolute Gasteiger partial charge is 0.140 e. The van der Waals surface area contributed by atoms with Crippen molar-refractivity contribution in [3.05, 3.63) is 0 Å². The van der Waals surface area contributed by atoms with E-state index in [4.69, 9.17) is 4.74 Å². The fraction of sp³-hybridized carbons (Fsp3) is 1.00. The minimum Gasteiger partial charge on any atom is -0.371 e. The van der Waals surface area contributed by atoms with Crippen LogP contribution in [0.5, 0.6) is 0 Å². The van der Waals surface area contributed by atoms with Crippen molar-refractivity contribution >= 4 is 0 Å². The quantitative estimate of drug-likeness (QED) is 0.600. The summed E-state index contributed by atoms with van der Waals surface area (Å²) < 4.78 is 18.4. The molecule has 0 aromatic rings. The molecule has 0 radical (unpaired) electrons. The second-order valence-electron chi connectivity index (χ2n) is 3.46. The Balaban J connectivity index is 2.34. The molecule has 1 aliphatic heterocycles. The number of rotatable bonds is 2. The third kappa shape index (κ3) is 2.42. The molecule has 11 heavy (non-hydrogen) atoms. The first-order chi connectivity index (χ1) is 5.09. The molecule has 0 N–H and O–H groups in total. The second-order valence-corrected chi connectivity index (χ2v) is 3.46. The van der Waals surface area contributed by atoms with Crippen LogP contribution in [0.15, 0.2) is 0 Å². The Morgan fingerprint density at radius 1 is 1.45 bits per heavy atom. The lowest BCUT2D eigenvalue weighted by Gasteiger charge is -2.16. The van der Waals surface area contributed by atoms with Crippen LogP contribution in [0.1, 0.15) is 13.8 Å². The zero-order chi connectivity index (χ0) is 8.43. The highest BCUT2D eigenvalue weighted by Gasteiger charge is 2.31. The van der Waals surface area contributed by atoms with E-state index in [1.165, 1.54) is 0 Å². The third-order valence-corrected chi connectivity index (χ3v) is 1.83. The molecule has 2 unspecified atom stereocenters. The molecule has 3 heteroatoms. The number of likely N-dealkylation sites (N-methyl/N-ethyl adjacent to an activating group) is 1. The summed E-state index contributed by atoms with van der Waals surface area (Å²) in [6.07, 6.45) is -0.882. The number of hydrogen-bond acceptors (Lipinski definition) is 2. The number of alkyl halides is 1. The molecule has 1 heterocycles. The average molecular weight is 161 g/mol. The third-order valence-electron chi connectivity index (χ3n) is 1.83. The molecule has 1 rings (SSSR count). The normalized spacial score (nSPS) is 33.5. The molecule has 2 atom stereocenters. The predicted molar refractivity (Wildman–Crippen MR) is 42.4 cm³/mol. The van der Waals surface area contributed by atoms with Crippen LogP contribution in [0.25, 0.3) is 0 Å². The van der Waals surface area contributed by atoms with Crippen molar-refractivity contribution in [1.29, 1.82) is 0 Å². The van der Waals surface area contributed by atoms with Crippen LogP contribution >= 0.6 is 0 Å². The van der Waals surface area contributed by atoms with Gasteiger partial charge < -0.3 is 9.64 Å². The van der Waals surface area contributed by atoms with Gasteiger partial charge in [0.25, 0.3) is 0 Å². The minimum atomic E-state index is -0.803. The van der Waals surface area contributed by atoms with E-state index in [1.807, 2.05) is 25.8 Å². The highest BCUT2D eigenvalue weighted by molar-refractivity contribution is 4.83. The van der Waals surface area contributed by atoms with Gasteiger partial charge in [0, 0.05) is 13.1 Å². The Hall–Kier alpha value is -0.150. The number of hydrogen-bond donors (Lipinski definition) is 0. The zero-order valence-corrected chi connectivity index (χ0v) is 7.38. The molecule has 0 bridgehead atoms. The molecular weight excluding hydrogens is 145 g/mol. The Morgan fingerprint density at radius 2 is 2.09 bits per heavy atom. The Kier molecular flexibility index (Phi) is 2.84. The van der Waals surface area contributed by atoms with Gasteiger partial charge in [0.2, 0.25) is 0 Å². The monoisotopic (exact) mass is 161 g/mol. The lowest BCUT2D eigenvalue weighted by atomic mass is 10.3. The average Bonchev–Trinajstić information content (AvgIpc) is 2.09. The highest BCUT2D eigenvalue weighted by atomic mass is 19.1. The molecule has 1 saturated heterocycles. The van der Waals surface area contributed by atoms with Gasteiger partial charge in [-0.2, -0.15) is 0 Å². The molecular formula is C8H16FNO. The van der Waals surface area contributed by atoms with Crippen LogP contribution in [0.2, 0.25) is 0 Å². The van der Waals surface area contributed by atoms with E-state index in [0.717, 1.165) is 6.54 Å². The summed E-state index contributed by atoms with van der Waals surface area (Å²) in [6.45, 7) is 5.10. The summed E-state index contributed by atoms with van der Waals surface area (Å²) in [7, 11) is 1.91. The highest BCUT2D eigenvalue weighted by Crippen LogP contribution is 2.16. The fourth-order valence-electron chi connectivity index (χ4n) is 1.39. The van der Waals surface area contributed by atoms with Gasteiger partial charge in [-0.05, 0) is 20.9 Å². The molecule has 0 saturated carbocycles. The first-order valence-corrected chi connectivity index (χ1v) is 4.07. The molecule has 2 nitrogen and oxygen atoms in total. The van der Waals surface area contributed by atoms with Crippen LogP contribution in [0.3, 0.4) is 0 Å². The summed E-state index contributed by atoms with van der Waals surface area (Å²) in [4.78, 5) is 1.96. The van der Waals surface area contributed by atoms with Crippen molar-refractivity contribution in [1.82, 2.24) is 4.90 Å². The standard InChI is InChI=1S/C8H16FNO/c1-6(2)11-8-5-10(3)4-7(8)9/h6-8H,4-5H2,1-3H3. The molecule has 1 aliphatic rings. The summed E-state index contributed by atoms with van der Waals surface area (Å²) >= 11 is 0. The number of likely N-dealkylation sites (tertiary alicyclic amines) is 1. The lowest BCUT2D eigenvalue weighted by molar-refractivity contribution is -0.0153. The topological polar surface area (TPSA) is 12.5 Å². The molecule has 1 fully saturated rings. The van der Waals surface area contributed by atoms with E-state index < -0.39 is 6.17 Å². The van der Waals surface area contributed by atoms with Gasteiger partial charge in [0.1, 0.15) is 12.3 Å².